The predicted octanol–water partition coefficient (Wildman–Crippen LogP) is 2.44. The third-order valence-corrected chi connectivity index (χ3v) is 4.24. The zero-order valence-electron chi connectivity index (χ0n) is 15.9. The highest BCUT2D eigenvalue weighted by Gasteiger charge is 2.51. The molecule has 1 aliphatic rings. The quantitative estimate of drug-likeness (QED) is 0.608. The summed E-state index contributed by atoms with van der Waals surface area (Å²) in [6, 6.07) is 9.12. The van der Waals surface area contributed by atoms with E-state index in [-0.39, 0.29) is 19.4 Å². The molecule has 3 N–H and O–H groups in total. The van der Waals surface area contributed by atoms with Crippen LogP contribution in [0.3, 0.4) is 0 Å². The molecule has 0 spiro atoms. The zero-order valence-corrected chi connectivity index (χ0v) is 15.9. The van der Waals surface area contributed by atoms with Gasteiger partial charge in [0.2, 0.25) is 5.91 Å². The fourth-order valence-corrected chi connectivity index (χ4v) is 2.93. The van der Waals surface area contributed by atoms with Crippen LogP contribution in [0, 0.1) is 5.92 Å². The Balaban J connectivity index is 2.15. The summed E-state index contributed by atoms with van der Waals surface area (Å²) >= 11 is 0. The maximum atomic E-state index is 12.6. The molecule has 7 nitrogen and oxygen atoms in total. The molecule has 0 fully saturated rings. The number of carbonyl (C=O) groups is 3. The molecular weight excluding hydrogens is 348 g/mol. The minimum atomic E-state index is -1.59. The van der Waals surface area contributed by atoms with Crippen LogP contribution in [0.2, 0.25) is 0 Å². The van der Waals surface area contributed by atoms with Gasteiger partial charge < -0.3 is 20.5 Å². The van der Waals surface area contributed by atoms with Crippen LogP contribution < -0.4 is 11.1 Å². The van der Waals surface area contributed by atoms with E-state index < -0.39 is 35.0 Å². The Labute approximate surface area is 158 Å². The van der Waals surface area contributed by atoms with Gasteiger partial charge in [-0.05, 0) is 39.2 Å². The third-order valence-electron chi connectivity index (χ3n) is 4.24. The average Bonchev–Trinajstić information content (AvgIpc) is 2.59. The first kappa shape index (κ1) is 20.5. The van der Waals surface area contributed by atoms with Crippen LogP contribution in [0.5, 0.6) is 0 Å². The van der Waals surface area contributed by atoms with Crippen LogP contribution in [0.15, 0.2) is 42.5 Å². The minimum absolute atomic E-state index is 0.0362. The molecule has 146 valence electrons. The predicted molar refractivity (Wildman–Crippen MR) is 99.4 cm³/mol. The normalized spacial score (nSPS) is 22.0. The highest BCUT2D eigenvalue weighted by molar-refractivity contribution is 5.94. The molecule has 0 aliphatic heterocycles. The summed E-state index contributed by atoms with van der Waals surface area (Å²) < 4.78 is 10.6. The summed E-state index contributed by atoms with van der Waals surface area (Å²) in [6.07, 6.45) is 2.99. The minimum Gasteiger partial charge on any atom is -0.460 e. The lowest BCUT2D eigenvalue weighted by Crippen LogP contribution is -2.64. The highest BCUT2D eigenvalue weighted by atomic mass is 16.6. The van der Waals surface area contributed by atoms with Gasteiger partial charge in [-0.2, -0.15) is 0 Å². The van der Waals surface area contributed by atoms with E-state index in [0.29, 0.717) is 0 Å². The van der Waals surface area contributed by atoms with Gasteiger partial charge in [0.15, 0.2) is 0 Å². The van der Waals surface area contributed by atoms with Crippen molar-refractivity contribution < 1.29 is 23.9 Å². The van der Waals surface area contributed by atoms with E-state index in [1.54, 1.807) is 32.9 Å². The first-order valence-corrected chi connectivity index (χ1v) is 8.81. The van der Waals surface area contributed by atoms with E-state index in [9.17, 15) is 14.4 Å². The lowest BCUT2D eigenvalue weighted by atomic mass is 9.75. The molecule has 1 aliphatic carbocycles. The summed E-state index contributed by atoms with van der Waals surface area (Å²) in [4.78, 5) is 37.2. The first-order chi connectivity index (χ1) is 12.6. The molecule has 7 heteroatoms. The van der Waals surface area contributed by atoms with Gasteiger partial charge in [0.1, 0.15) is 17.7 Å². The van der Waals surface area contributed by atoms with Gasteiger partial charge in [-0.1, -0.05) is 42.5 Å². The maximum Gasteiger partial charge on any atom is 0.408 e. The molecule has 1 aromatic rings. The summed E-state index contributed by atoms with van der Waals surface area (Å²) in [5, 5.41) is 2.53. The summed E-state index contributed by atoms with van der Waals surface area (Å²) in [5.41, 5.74) is 4.08. The lowest BCUT2D eigenvalue weighted by molar-refractivity contribution is -0.165. The number of primary amides is 1. The summed E-state index contributed by atoms with van der Waals surface area (Å²) in [5.74, 6) is -2.32. The van der Waals surface area contributed by atoms with Crippen LogP contribution in [-0.4, -0.2) is 29.1 Å². The van der Waals surface area contributed by atoms with Crippen LogP contribution in [0.25, 0.3) is 0 Å². The van der Waals surface area contributed by atoms with Crippen LogP contribution in [0.1, 0.15) is 39.2 Å². The number of amides is 2. The van der Waals surface area contributed by atoms with Crippen molar-refractivity contribution in [3.63, 3.8) is 0 Å². The Hall–Kier alpha value is -2.83. The number of nitrogens with one attached hydrogen (secondary N) is 1. The van der Waals surface area contributed by atoms with Crippen molar-refractivity contribution in [3.05, 3.63) is 48.0 Å². The van der Waals surface area contributed by atoms with E-state index in [1.165, 1.54) is 0 Å². The van der Waals surface area contributed by atoms with Gasteiger partial charge in [-0.15, -0.1) is 0 Å². The molecule has 2 amide bonds. The average molecular weight is 374 g/mol. The van der Waals surface area contributed by atoms with Crippen molar-refractivity contribution in [1.82, 2.24) is 5.32 Å². The maximum absolute atomic E-state index is 12.6. The molecular formula is C20H26N2O5. The van der Waals surface area contributed by atoms with Crippen molar-refractivity contribution in [1.29, 1.82) is 0 Å². The molecule has 1 aromatic carbocycles. The van der Waals surface area contributed by atoms with E-state index in [0.717, 1.165) is 5.56 Å². The Morgan fingerprint density at radius 3 is 2.44 bits per heavy atom. The van der Waals surface area contributed by atoms with Crippen molar-refractivity contribution in [2.45, 2.75) is 51.4 Å². The zero-order chi connectivity index (χ0) is 20.1. The van der Waals surface area contributed by atoms with E-state index >= 15 is 0 Å². The Kier molecular flexibility index (Phi) is 6.25. The molecule has 0 aromatic heterocycles. The standard InChI is InChI=1S/C20H26N2O5/c1-19(2,3)27-16(23)15-11-7-8-12-20(15,17(21)24)22-18(25)26-13-14-9-5-4-6-10-14/h4-10,15H,11-13H2,1-3H3,(H2,21,24)(H,22,25). The molecule has 0 saturated heterocycles. The molecule has 0 radical (unpaired) electrons. The van der Waals surface area contributed by atoms with Crippen LogP contribution >= 0.6 is 0 Å². The fraction of sp³-hybridized carbons (Fsp3) is 0.450. The van der Waals surface area contributed by atoms with Gasteiger partial charge in [0.25, 0.3) is 0 Å². The number of benzene rings is 1. The second-order valence-electron chi connectivity index (χ2n) is 7.52. The second kappa shape index (κ2) is 8.24. The number of nitrogens with two attached hydrogens (primary N) is 1. The molecule has 2 atom stereocenters. The van der Waals surface area contributed by atoms with Gasteiger partial charge in [0, 0.05) is 0 Å². The number of ether oxygens (including phenoxy) is 2. The van der Waals surface area contributed by atoms with Gasteiger partial charge in [-0.3, -0.25) is 9.59 Å². The molecule has 27 heavy (non-hydrogen) atoms. The van der Waals surface area contributed by atoms with Gasteiger partial charge in [0.05, 0.1) is 5.92 Å². The first-order valence-electron chi connectivity index (χ1n) is 8.81. The lowest BCUT2D eigenvalue weighted by Gasteiger charge is -2.39. The monoisotopic (exact) mass is 374 g/mol. The van der Waals surface area contributed by atoms with Gasteiger partial charge >= 0.3 is 12.1 Å². The number of alkyl carbamates (subject to hydrolysis) is 1. The van der Waals surface area contributed by atoms with Crippen molar-refractivity contribution in [2.75, 3.05) is 0 Å². The Morgan fingerprint density at radius 1 is 1.19 bits per heavy atom. The smallest absolute Gasteiger partial charge is 0.408 e. The van der Waals surface area contributed by atoms with E-state index in [1.807, 2.05) is 30.3 Å². The summed E-state index contributed by atoms with van der Waals surface area (Å²) in [7, 11) is 0. The van der Waals surface area contributed by atoms with Crippen molar-refractivity contribution in [3.8, 4) is 0 Å². The largest absolute Gasteiger partial charge is 0.460 e. The fourth-order valence-electron chi connectivity index (χ4n) is 2.93. The molecule has 0 saturated carbocycles. The number of hydrogen-bond donors (Lipinski definition) is 2. The number of rotatable bonds is 5. The SMILES string of the molecule is CC(C)(C)OC(=O)C1CC=CCC1(NC(=O)OCc1ccccc1)C(N)=O. The molecule has 0 heterocycles. The topological polar surface area (TPSA) is 108 Å². The van der Waals surface area contributed by atoms with E-state index in [4.69, 9.17) is 15.2 Å². The second-order valence-corrected chi connectivity index (χ2v) is 7.52. The Bertz CT molecular complexity index is 724. The molecule has 0 bridgehead atoms. The molecule has 2 rings (SSSR count). The van der Waals surface area contributed by atoms with Gasteiger partial charge in [-0.25, -0.2) is 4.79 Å². The number of hydrogen-bond acceptors (Lipinski definition) is 5. The number of carbonyl (C=O) groups excluding carboxylic acids is 3. The Morgan fingerprint density at radius 2 is 1.85 bits per heavy atom. The van der Waals surface area contributed by atoms with Crippen LogP contribution in [0.4, 0.5) is 4.79 Å². The number of esters is 1. The van der Waals surface area contributed by atoms with E-state index in [2.05, 4.69) is 5.32 Å². The summed E-state index contributed by atoms with van der Waals surface area (Å²) in [6.45, 7) is 5.24. The molecule has 2 unspecified atom stereocenters. The number of allylic oxidation sites excluding steroid dienone is 1. The highest BCUT2D eigenvalue weighted by Crippen LogP contribution is 2.32. The van der Waals surface area contributed by atoms with Crippen LogP contribution in [-0.2, 0) is 25.7 Å². The van der Waals surface area contributed by atoms with Crippen molar-refractivity contribution in [2.24, 2.45) is 11.7 Å². The van der Waals surface area contributed by atoms with Crippen molar-refractivity contribution >= 4 is 18.0 Å². The third kappa shape index (κ3) is 5.32.